The molecule has 0 bridgehead atoms. The van der Waals surface area contributed by atoms with Gasteiger partial charge in [-0.05, 0) is 25.0 Å². The summed E-state index contributed by atoms with van der Waals surface area (Å²) in [6.07, 6.45) is 7.44. The lowest BCUT2D eigenvalue weighted by atomic mass is 10.1. The van der Waals surface area contributed by atoms with Gasteiger partial charge in [0.25, 0.3) is 0 Å². The van der Waals surface area contributed by atoms with Crippen molar-refractivity contribution in [2.24, 2.45) is 0 Å². The Morgan fingerprint density at radius 1 is 1.00 bits per heavy atom. The van der Waals surface area contributed by atoms with Crippen LogP contribution in [0.1, 0.15) is 41.5 Å². The zero-order chi connectivity index (χ0) is 15.9. The molecule has 0 spiro atoms. The first-order valence-electron chi connectivity index (χ1n) is 8.63. The van der Waals surface area contributed by atoms with E-state index in [0.29, 0.717) is 5.92 Å². The highest BCUT2D eigenvalue weighted by Gasteiger charge is 2.28. The van der Waals surface area contributed by atoms with Crippen LogP contribution in [0.3, 0.4) is 0 Å². The predicted octanol–water partition coefficient (Wildman–Crippen LogP) is 2.86. The van der Waals surface area contributed by atoms with Crippen LogP contribution in [0.15, 0.2) is 36.7 Å². The molecule has 0 amide bonds. The molecule has 1 aliphatic carbocycles. The molecule has 1 fully saturated rings. The molecular weight excluding hydrogens is 298 g/mol. The molecule has 3 heterocycles. The van der Waals surface area contributed by atoms with Gasteiger partial charge < -0.3 is 0 Å². The first-order valence-corrected chi connectivity index (χ1v) is 8.63. The molecule has 5 nitrogen and oxygen atoms in total. The summed E-state index contributed by atoms with van der Waals surface area (Å²) in [5, 5.41) is 0. The number of nitrogens with zero attached hydrogens (tertiary/aromatic N) is 5. The normalized spacial score (nSPS) is 17.8. The Morgan fingerprint density at radius 3 is 2.75 bits per heavy atom. The third-order valence-electron chi connectivity index (χ3n) is 4.86. The molecular formula is C19H19N5. The molecule has 1 aliphatic heterocycles. The van der Waals surface area contributed by atoms with Gasteiger partial charge in [0, 0.05) is 49.4 Å². The number of benzene rings is 1. The minimum Gasteiger partial charge on any atom is -0.293 e. The number of hydrogen-bond acceptors (Lipinski definition) is 5. The molecule has 5 rings (SSSR count). The van der Waals surface area contributed by atoms with Crippen molar-refractivity contribution >= 4 is 11.0 Å². The van der Waals surface area contributed by atoms with Crippen molar-refractivity contribution in [2.75, 3.05) is 6.54 Å². The number of aromatic nitrogens is 4. The average Bonchev–Trinajstić information content (AvgIpc) is 3.46. The second kappa shape index (κ2) is 5.60. The third-order valence-corrected chi connectivity index (χ3v) is 4.86. The molecule has 2 aliphatic rings. The summed E-state index contributed by atoms with van der Waals surface area (Å²) in [4.78, 5) is 21.0. The van der Waals surface area contributed by atoms with E-state index in [1.807, 2.05) is 36.7 Å². The van der Waals surface area contributed by atoms with Crippen LogP contribution < -0.4 is 0 Å². The lowest BCUT2D eigenvalue weighted by Crippen LogP contribution is -2.31. The Balaban J connectivity index is 1.34. The van der Waals surface area contributed by atoms with E-state index in [4.69, 9.17) is 9.97 Å². The monoisotopic (exact) mass is 317 g/mol. The van der Waals surface area contributed by atoms with Gasteiger partial charge in [-0.25, -0.2) is 15.0 Å². The Labute approximate surface area is 140 Å². The summed E-state index contributed by atoms with van der Waals surface area (Å²) in [7, 11) is 0. The topological polar surface area (TPSA) is 54.8 Å². The van der Waals surface area contributed by atoms with Crippen molar-refractivity contribution < 1.29 is 0 Å². The summed E-state index contributed by atoms with van der Waals surface area (Å²) in [6, 6.07) is 8.02. The highest BCUT2D eigenvalue weighted by Crippen LogP contribution is 2.38. The van der Waals surface area contributed by atoms with E-state index in [-0.39, 0.29) is 0 Å². The Kier molecular flexibility index (Phi) is 3.26. The lowest BCUT2D eigenvalue weighted by Gasteiger charge is -2.27. The van der Waals surface area contributed by atoms with Gasteiger partial charge in [0.2, 0.25) is 0 Å². The van der Waals surface area contributed by atoms with E-state index in [1.165, 1.54) is 24.1 Å². The summed E-state index contributed by atoms with van der Waals surface area (Å²) in [5.41, 5.74) is 5.44. The quantitative estimate of drug-likeness (QED) is 0.743. The molecule has 5 heteroatoms. The van der Waals surface area contributed by atoms with Gasteiger partial charge in [-0.2, -0.15) is 0 Å². The molecule has 0 saturated heterocycles. The lowest BCUT2D eigenvalue weighted by molar-refractivity contribution is 0.239. The van der Waals surface area contributed by atoms with Gasteiger partial charge in [-0.1, -0.05) is 12.1 Å². The average molecular weight is 317 g/mol. The summed E-state index contributed by atoms with van der Waals surface area (Å²) < 4.78 is 0. The minimum absolute atomic E-state index is 0.626. The molecule has 120 valence electrons. The Morgan fingerprint density at radius 2 is 1.88 bits per heavy atom. The van der Waals surface area contributed by atoms with Crippen molar-refractivity contribution in [3.05, 3.63) is 59.4 Å². The standard InChI is InChI=1S/C19H19N5/c1-2-4-18-17(3-1)20-10-15(22-18)12-24-8-7-16-14(11-24)9-21-19(23-16)13-5-6-13/h1-4,9-10,13H,5-8,11-12H2. The summed E-state index contributed by atoms with van der Waals surface area (Å²) in [5.74, 6) is 1.68. The zero-order valence-electron chi connectivity index (χ0n) is 13.5. The molecule has 0 N–H and O–H groups in total. The maximum absolute atomic E-state index is 4.79. The SMILES string of the molecule is c1ccc2nc(CN3CCc4nc(C5CC5)ncc4C3)cnc2c1. The van der Waals surface area contributed by atoms with Crippen molar-refractivity contribution in [1.29, 1.82) is 0 Å². The molecule has 2 aromatic heterocycles. The second-order valence-electron chi connectivity index (χ2n) is 6.79. The van der Waals surface area contributed by atoms with Gasteiger partial charge in [-0.3, -0.25) is 9.88 Å². The van der Waals surface area contributed by atoms with Crippen molar-refractivity contribution in [2.45, 2.75) is 38.3 Å². The van der Waals surface area contributed by atoms with Crippen LogP contribution in [0, 0.1) is 0 Å². The second-order valence-corrected chi connectivity index (χ2v) is 6.79. The number of fused-ring (bicyclic) bond motifs is 2. The van der Waals surface area contributed by atoms with Crippen molar-refractivity contribution in [3.63, 3.8) is 0 Å². The fourth-order valence-electron chi connectivity index (χ4n) is 3.36. The Bertz CT molecular complexity index is 903. The first kappa shape index (κ1) is 14.0. The maximum Gasteiger partial charge on any atom is 0.131 e. The molecule has 3 aromatic rings. The highest BCUT2D eigenvalue weighted by atomic mass is 15.1. The predicted molar refractivity (Wildman–Crippen MR) is 91.4 cm³/mol. The molecule has 1 saturated carbocycles. The zero-order valence-corrected chi connectivity index (χ0v) is 13.5. The fourth-order valence-corrected chi connectivity index (χ4v) is 3.36. The highest BCUT2D eigenvalue weighted by molar-refractivity contribution is 5.73. The molecule has 0 atom stereocenters. The fraction of sp³-hybridized carbons (Fsp3) is 0.368. The minimum atomic E-state index is 0.626. The van der Waals surface area contributed by atoms with Crippen molar-refractivity contribution in [3.8, 4) is 0 Å². The van der Waals surface area contributed by atoms with Crippen LogP contribution in [0.25, 0.3) is 11.0 Å². The Hall–Kier alpha value is -2.40. The van der Waals surface area contributed by atoms with Gasteiger partial charge in [0.15, 0.2) is 0 Å². The summed E-state index contributed by atoms with van der Waals surface area (Å²) >= 11 is 0. The van der Waals surface area contributed by atoms with Crippen LogP contribution in [0.2, 0.25) is 0 Å². The number of para-hydroxylation sites is 2. The van der Waals surface area contributed by atoms with Crippen LogP contribution in [0.4, 0.5) is 0 Å². The largest absolute Gasteiger partial charge is 0.293 e. The van der Waals surface area contributed by atoms with E-state index in [1.54, 1.807) is 0 Å². The van der Waals surface area contributed by atoms with Crippen molar-refractivity contribution in [1.82, 2.24) is 24.8 Å². The number of hydrogen-bond donors (Lipinski definition) is 0. The molecule has 0 unspecified atom stereocenters. The van der Waals surface area contributed by atoms with Crippen LogP contribution in [-0.4, -0.2) is 31.4 Å². The van der Waals surface area contributed by atoms with Gasteiger partial charge in [0.1, 0.15) is 5.82 Å². The van der Waals surface area contributed by atoms with Gasteiger partial charge in [-0.15, -0.1) is 0 Å². The smallest absolute Gasteiger partial charge is 0.131 e. The van der Waals surface area contributed by atoms with E-state index < -0.39 is 0 Å². The van der Waals surface area contributed by atoms with Gasteiger partial charge in [0.05, 0.1) is 22.9 Å². The van der Waals surface area contributed by atoms with E-state index in [0.717, 1.165) is 48.6 Å². The summed E-state index contributed by atoms with van der Waals surface area (Å²) in [6.45, 7) is 2.74. The maximum atomic E-state index is 4.79. The van der Waals surface area contributed by atoms with Crippen LogP contribution in [-0.2, 0) is 19.5 Å². The molecule has 0 radical (unpaired) electrons. The first-order chi connectivity index (χ1) is 11.8. The van der Waals surface area contributed by atoms with E-state index in [2.05, 4.69) is 14.9 Å². The van der Waals surface area contributed by atoms with Gasteiger partial charge >= 0.3 is 0 Å². The molecule has 1 aromatic carbocycles. The van der Waals surface area contributed by atoms with E-state index >= 15 is 0 Å². The van der Waals surface area contributed by atoms with E-state index in [9.17, 15) is 0 Å². The molecule has 24 heavy (non-hydrogen) atoms. The van der Waals surface area contributed by atoms with Crippen LogP contribution >= 0.6 is 0 Å². The third kappa shape index (κ3) is 2.65. The van der Waals surface area contributed by atoms with Crippen LogP contribution in [0.5, 0.6) is 0 Å². The number of rotatable bonds is 3.